The average Bonchev–Trinajstić information content (AvgIpc) is 2.81. The van der Waals surface area contributed by atoms with Crippen LogP contribution in [0, 0.1) is 0 Å². The van der Waals surface area contributed by atoms with E-state index in [1.54, 1.807) is 18.2 Å². The molecule has 1 aromatic heterocycles. The molecule has 0 aliphatic carbocycles. The lowest BCUT2D eigenvalue weighted by Crippen LogP contribution is -2.00. The first kappa shape index (κ1) is 11.5. The fourth-order valence-electron chi connectivity index (χ4n) is 1.41. The van der Waals surface area contributed by atoms with Crippen LogP contribution < -0.4 is 0 Å². The molecule has 0 atom stereocenters. The Morgan fingerprint density at radius 2 is 2.29 bits per heavy atom. The number of hydrogen-bond donors (Lipinski definition) is 1. The van der Waals surface area contributed by atoms with Crippen molar-refractivity contribution in [2.45, 2.75) is 12.8 Å². The molecule has 6 nitrogen and oxygen atoms in total. The topological polar surface area (TPSA) is 80.9 Å². The Hall–Kier alpha value is -1.95. The number of carbonyl (C=O) groups is 1. The molecule has 0 radical (unpaired) electrons. The second kappa shape index (κ2) is 4.92. The Kier molecular flexibility index (Phi) is 3.34. The zero-order valence-corrected chi connectivity index (χ0v) is 9.50. The van der Waals surface area contributed by atoms with Crippen LogP contribution in [0.4, 0.5) is 0 Å². The third-order valence-corrected chi connectivity index (χ3v) is 2.55. The van der Waals surface area contributed by atoms with Gasteiger partial charge in [-0.2, -0.15) is 4.68 Å². The van der Waals surface area contributed by atoms with E-state index in [0.29, 0.717) is 17.1 Å². The number of hydrogen-bond acceptors (Lipinski definition) is 4. The van der Waals surface area contributed by atoms with Crippen molar-refractivity contribution in [3.63, 3.8) is 0 Å². The van der Waals surface area contributed by atoms with Crippen molar-refractivity contribution in [1.82, 2.24) is 20.2 Å². The molecule has 0 spiro atoms. The molecule has 1 aromatic carbocycles. The summed E-state index contributed by atoms with van der Waals surface area (Å²) in [6, 6.07) is 5.27. The van der Waals surface area contributed by atoms with Gasteiger partial charge < -0.3 is 5.11 Å². The van der Waals surface area contributed by atoms with E-state index in [4.69, 9.17) is 16.7 Å². The summed E-state index contributed by atoms with van der Waals surface area (Å²) in [5.74, 6) is -0.830. The second-order valence-corrected chi connectivity index (χ2v) is 3.84. The van der Waals surface area contributed by atoms with Crippen molar-refractivity contribution in [3.8, 4) is 5.69 Å². The number of benzene rings is 1. The number of rotatable bonds is 4. The van der Waals surface area contributed by atoms with Gasteiger partial charge in [-0.25, -0.2) is 0 Å². The predicted molar refractivity (Wildman–Crippen MR) is 60.1 cm³/mol. The minimum Gasteiger partial charge on any atom is -0.481 e. The highest BCUT2D eigenvalue weighted by molar-refractivity contribution is 6.32. The normalized spacial score (nSPS) is 10.4. The molecule has 7 heteroatoms. The van der Waals surface area contributed by atoms with Crippen LogP contribution in [0.2, 0.25) is 5.02 Å². The standard InChI is InChI=1S/C10H9ClN4O2/c11-8-3-1-7(2-4-10(16)17)5-9(8)15-6-12-13-14-15/h1,3,5-6H,2,4H2,(H,16,17). The largest absolute Gasteiger partial charge is 0.481 e. The first-order valence-corrected chi connectivity index (χ1v) is 5.28. The van der Waals surface area contributed by atoms with Crippen molar-refractivity contribution < 1.29 is 9.90 Å². The molecule has 2 rings (SSSR count). The molecule has 0 saturated carbocycles. The first-order valence-electron chi connectivity index (χ1n) is 4.90. The fourth-order valence-corrected chi connectivity index (χ4v) is 1.62. The molecule has 1 N–H and O–H groups in total. The summed E-state index contributed by atoms with van der Waals surface area (Å²) in [7, 11) is 0. The van der Waals surface area contributed by atoms with Crippen molar-refractivity contribution in [3.05, 3.63) is 35.1 Å². The van der Waals surface area contributed by atoms with Crippen LogP contribution in [-0.2, 0) is 11.2 Å². The number of aliphatic carboxylic acids is 1. The zero-order chi connectivity index (χ0) is 12.3. The average molecular weight is 253 g/mol. The lowest BCUT2D eigenvalue weighted by Gasteiger charge is -2.05. The molecule has 0 aliphatic rings. The van der Waals surface area contributed by atoms with Gasteiger partial charge in [0, 0.05) is 6.42 Å². The molecule has 0 amide bonds. The minimum absolute atomic E-state index is 0.0800. The molecule has 0 saturated heterocycles. The van der Waals surface area contributed by atoms with E-state index in [2.05, 4.69) is 15.5 Å². The van der Waals surface area contributed by atoms with Gasteiger partial charge in [0.15, 0.2) is 0 Å². The third-order valence-electron chi connectivity index (χ3n) is 2.23. The quantitative estimate of drug-likeness (QED) is 0.888. The van der Waals surface area contributed by atoms with Gasteiger partial charge in [-0.05, 0) is 34.5 Å². The lowest BCUT2D eigenvalue weighted by atomic mass is 10.1. The highest BCUT2D eigenvalue weighted by atomic mass is 35.5. The number of nitrogens with zero attached hydrogens (tertiary/aromatic N) is 4. The SMILES string of the molecule is O=C(O)CCc1ccc(Cl)c(-n2cnnn2)c1. The summed E-state index contributed by atoms with van der Waals surface area (Å²) in [6.07, 6.45) is 1.96. The van der Waals surface area contributed by atoms with Gasteiger partial charge in [0.25, 0.3) is 0 Å². The Balaban J connectivity index is 2.27. The van der Waals surface area contributed by atoms with E-state index in [1.165, 1.54) is 11.0 Å². The number of aryl methyl sites for hydroxylation is 1. The monoisotopic (exact) mass is 252 g/mol. The van der Waals surface area contributed by atoms with Gasteiger partial charge >= 0.3 is 5.97 Å². The van der Waals surface area contributed by atoms with E-state index in [-0.39, 0.29) is 6.42 Å². The maximum absolute atomic E-state index is 10.5. The van der Waals surface area contributed by atoms with E-state index < -0.39 is 5.97 Å². The summed E-state index contributed by atoms with van der Waals surface area (Å²) in [6.45, 7) is 0. The molecular formula is C10H9ClN4O2. The number of halogens is 1. The Morgan fingerprint density at radius 3 is 2.94 bits per heavy atom. The second-order valence-electron chi connectivity index (χ2n) is 3.43. The van der Waals surface area contributed by atoms with Crippen LogP contribution in [0.1, 0.15) is 12.0 Å². The van der Waals surface area contributed by atoms with Crippen LogP contribution in [0.5, 0.6) is 0 Å². The number of aromatic nitrogens is 4. The van der Waals surface area contributed by atoms with Crippen molar-refractivity contribution in [2.75, 3.05) is 0 Å². The van der Waals surface area contributed by atoms with Crippen LogP contribution >= 0.6 is 11.6 Å². The summed E-state index contributed by atoms with van der Waals surface area (Å²) >= 11 is 6.02. The molecule has 1 heterocycles. The van der Waals surface area contributed by atoms with E-state index in [1.807, 2.05) is 0 Å². The smallest absolute Gasteiger partial charge is 0.303 e. The summed E-state index contributed by atoms with van der Waals surface area (Å²) in [5, 5.41) is 19.9. The van der Waals surface area contributed by atoms with Gasteiger partial charge in [0.2, 0.25) is 0 Å². The zero-order valence-electron chi connectivity index (χ0n) is 8.75. The molecule has 0 aliphatic heterocycles. The van der Waals surface area contributed by atoms with Crippen LogP contribution in [0.25, 0.3) is 5.69 Å². The molecule has 2 aromatic rings. The van der Waals surface area contributed by atoms with Crippen molar-refractivity contribution in [2.24, 2.45) is 0 Å². The van der Waals surface area contributed by atoms with E-state index in [0.717, 1.165) is 5.56 Å². The van der Waals surface area contributed by atoms with Gasteiger partial charge in [-0.15, -0.1) is 5.10 Å². The van der Waals surface area contributed by atoms with Gasteiger partial charge in [-0.1, -0.05) is 17.7 Å². The lowest BCUT2D eigenvalue weighted by molar-refractivity contribution is -0.136. The molecule has 0 fully saturated rings. The van der Waals surface area contributed by atoms with Crippen molar-refractivity contribution >= 4 is 17.6 Å². The first-order chi connectivity index (χ1) is 8.16. The maximum Gasteiger partial charge on any atom is 0.303 e. The van der Waals surface area contributed by atoms with Gasteiger partial charge in [-0.3, -0.25) is 4.79 Å². The number of carboxylic acids is 1. The summed E-state index contributed by atoms with van der Waals surface area (Å²) in [4.78, 5) is 10.5. The summed E-state index contributed by atoms with van der Waals surface area (Å²) in [5.41, 5.74) is 1.52. The van der Waals surface area contributed by atoms with Gasteiger partial charge in [0.05, 0.1) is 10.7 Å². The summed E-state index contributed by atoms with van der Waals surface area (Å²) < 4.78 is 1.44. The van der Waals surface area contributed by atoms with Crippen LogP contribution in [0.15, 0.2) is 24.5 Å². The molecule has 0 bridgehead atoms. The third kappa shape index (κ3) is 2.79. The van der Waals surface area contributed by atoms with Gasteiger partial charge in [0.1, 0.15) is 6.33 Å². The van der Waals surface area contributed by atoms with Crippen molar-refractivity contribution in [1.29, 1.82) is 0 Å². The molecule has 17 heavy (non-hydrogen) atoms. The van der Waals surface area contributed by atoms with Crippen LogP contribution in [-0.4, -0.2) is 31.3 Å². The van der Waals surface area contributed by atoms with E-state index in [9.17, 15) is 4.79 Å². The number of carboxylic acid groups (broad SMARTS) is 1. The Bertz CT molecular complexity index is 527. The Morgan fingerprint density at radius 1 is 1.47 bits per heavy atom. The highest BCUT2D eigenvalue weighted by Gasteiger charge is 2.06. The maximum atomic E-state index is 10.5. The fraction of sp³-hybridized carbons (Fsp3) is 0.200. The molecule has 88 valence electrons. The molecule has 0 unspecified atom stereocenters. The highest BCUT2D eigenvalue weighted by Crippen LogP contribution is 2.21. The molecular weight excluding hydrogens is 244 g/mol. The number of tetrazole rings is 1. The van der Waals surface area contributed by atoms with Crippen LogP contribution in [0.3, 0.4) is 0 Å². The predicted octanol–water partition coefficient (Wildman–Crippen LogP) is 1.33. The Labute approximate surface area is 102 Å². The van der Waals surface area contributed by atoms with E-state index >= 15 is 0 Å². The minimum atomic E-state index is -0.830.